The molecule has 0 unspecified atom stereocenters. The van der Waals surface area contributed by atoms with Crippen molar-refractivity contribution >= 4 is 32.5 Å². The van der Waals surface area contributed by atoms with Crippen LogP contribution >= 0.6 is 11.3 Å². The zero-order valence-electron chi connectivity index (χ0n) is 14.4. The van der Waals surface area contributed by atoms with Crippen molar-refractivity contribution in [3.05, 3.63) is 41.9 Å². The lowest BCUT2D eigenvalue weighted by Crippen LogP contribution is -2.46. The third kappa shape index (κ3) is 2.84. The summed E-state index contributed by atoms with van der Waals surface area (Å²) >= 11 is 1.80. The number of fused-ring (bicyclic) bond motifs is 1. The van der Waals surface area contributed by atoms with Gasteiger partial charge in [-0.25, -0.2) is 15.0 Å². The molecule has 3 heterocycles. The van der Waals surface area contributed by atoms with Gasteiger partial charge in [0.1, 0.15) is 12.1 Å². The molecule has 1 saturated heterocycles. The third-order valence-electron chi connectivity index (χ3n) is 5.15. The third-order valence-corrected chi connectivity index (χ3v) is 6.23. The Morgan fingerprint density at radius 3 is 2.60 bits per heavy atom. The molecule has 25 heavy (non-hydrogen) atoms. The van der Waals surface area contributed by atoms with E-state index in [1.165, 1.54) is 28.8 Å². The number of hydrogen-bond donors (Lipinski definition) is 0. The van der Waals surface area contributed by atoms with E-state index < -0.39 is 0 Å². The Morgan fingerprint density at radius 1 is 1.04 bits per heavy atom. The minimum Gasteiger partial charge on any atom is -0.353 e. The number of nitrogens with zero attached hydrogens (tertiary/aromatic N) is 5. The van der Waals surface area contributed by atoms with Crippen LogP contribution in [0.1, 0.15) is 30.0 Å². The first kappa shape index (κ1) is 15.1. The van der Waals surface area contributed by atoms with Gasteiger partial charge in [-0.15, -0.1) is 0 Å². The summed E-state index contributed by atoms with van der Waals surface area (Å²) in [6, 6.07) is 8.61. The van der Waals surface area contributed by atoms with Gasteiger partial charge < -0.3 is 9.80 Å². The molecule has 0 N–H and O–H groups in total. The Bertz CT molecular complexity index is 909. The molecular weight excluding hydrogens is 330 g/mol. The lowest BCUT2D eigenvalue weighted by molar-refractivity contribution is 0.645. The topological polar surface area (TPSA) is 45.2 Å². The van der Waals surface area contributed by atoms with Crippen molar-refractivity contribution in [3.63, 3.8) is 0 Å². The van der Waals surface area contributed by atoms with Crippen LogP contribution in [0.3, 0.4) is 0 Å². The number of para-hydroxylation sites is 1. The molecule has 2 fully saturated rings. The SMILES string of the molecule is Cc1cccc2sc(N3CCN(c4cc(C5CC5)ncn4)CC3)nc12. The molecule has 2 aromatic heterocycles. The average Bonchev–Trinajstić information content (AvgIpc) is 3.41. The van der Waals surface area contributed by atoms with Crippen molar-refractivity contribution in [2.75, 3.05) is 36.0 Å². The first-order valence-corrected chi connectivity index (χ1v) is 9.77. The fourth-order valence-electron chi connectivity index (χ4n) is 3.47. The zero-order valence-corrected chi connectivity index (χ0v) is 15.2. The molecule has 3 aromatic rings. The fraction of sp³-hybridized carbons (Fsp3) is 0.421. The summed E-state index contributed by atoms with van der Waals surface area (Å²) in [5, 5.41) is 1.14. The van der Waals surface area contributed by atoms with Gasteiger partial charge >= 0.3 is 0 Å². The van der Waals surface area contributed by atoms with Crippen LogP contribution in [0.2, 0.25) is 0 Å². The summed E-state index contributed by atoms with van der Waals surface area (Å²) in [4.78, 5) is 18.6. The van der Waals surface area contributed by atoms with Crippen LogP contribution in [0.5, 0.6) is 0 Å². The maximum atomic E-state index is 4.88. The fourth-order valence-corrected chi connectivity index (χ4v) is 4.57. The standard InChI is InChI=1S/C19H21N5S/c1-13-3-2-4-16-18(13)22-19(25-16)24-9-7-23(8-10-24)17-11-15(14-5-6-14)20-12-21-17/h2-4,11-12,14H,5-10H2,1H3. The number of piperazine rings is 1. The van der Waals surface area contributed by atoms with Crippen LogP contribution in [-0.4, -0.2) is 41.1 Å². The summed E-state index contributed by atoms with van der Waals surface area (Å²) in [7, 11) is 0. The van der Waals surface area contributed by atoms with Crippen LogP contribution in [-0.2, 0) is 0 Å². The predicted octanol–water partition coefficient (Wildman–Crippen LogP) is 3.60. The Balaban J connectivity index is 1.32. The largest absolute Gasteiger partial charge is 0.353 e. The van der Waals surface area contributed by atoms with E-state index in [2.05, 4.69) is 51.0 Å². The number of aromatic nitrogens is 3. The molecular formula is C19H21N5S. The van der Waals surface area contributed by atoms with Crippen molar-refractivity contribution in [1.82, 2.24) is 15.0 Å². The van der Waals surface area contributed by atoms with E-state index in [0.717, 1.165) is 42.6 Å². The molecule has 0 bridgehead atoms. The summed E-state index contributed by atoms with van der Waals surface area (Å²) in [6.07, 6.45) is 4.29. The lowest BCUT2D eigenvalue weighted by Gasteiger charge is -2.35. The summed E-state index contributed by atoms with van der Waals surface area (Å²) in [5.74, 6) is 1.76. The predicted molar refractivity (Wildman–Crippen MR) is 103 cm³/mol. The summed E-state index contributed by atoms with van der Waals surface area (Å²) in [5.41, 5.74) is 3.62. The first-order valence-electron chi connectivity index (χ1n) is 8.96. The van der Waals surface area contributed by atoms with Gasteiger partial charge in [0.2, 0.25) is 0 Å². The van der Waals surface area contributed by atoms with Crippen molar-refractivity contribution in [3.8, 4) is 0 Å². The molecule has 128 valence electrons. The normalized spacial score (nSPS) is 18.1. The van der Waals surface area contributed by atoms with E-state index in [1.807, 2.05) is 0 Å². The van der Waals surface area contributed by atoms with Crippen molar-refractivity contribution in [2.45, 2.75) is 25.7 Å². The highest BCUT2D eigenvalue weighted by atomic mass is 32.1. The molecule has 5 nitrogen and oxygen atoms in total. The van der Waals surface area contributed by atoms with Crippen molar-refractivity contribution in [1.29, 1.82) is 0 Å². The highest BCUT2D eigenvalue weighted by Crippen LogP contribution is 2.39. The van der Waals surface area contributed by atoms with E-state index in [0.29, 0.717) is 5.92 Å². The van der Waals surface area contributed by atoms with Crippen LogP contribution < -0.4 is 9.80 Å². The molecule has 1 aliphatic carbocycles. The number of aryl methyl sites for hydroxylation is 1. The summed E-state index contributed by atoms with van der Waals surface area (Å²) < 4.78 is 1.28. The molecule has 1 aliphatic heterocycles. The Hall–Kier alpha value is -2.21. The number of rotatable bonds is 3. The van der Waals surface area contributed by atoms with Gasteiger partial charge in [-0.2, -0.15) is 0 Å². The highest BCUT2D eigenvalue weighted by molar-refractivity contribution is 7.22. The minimum absolute atomic E-state index is 0.675. The monoisotopic (exact) mass is 351 g/mol. The Kier molecular flexibility index (Phi) is 3.59. The Morgan fingerprint density at radius 2 is 1.84 bits per heavy atom. The van der Waals surface area contributed by atoms with E-state index in [4.69, 9.17) is 4.98 Å². The maximum absolute atomic E-state index is 4.88. The van der Waals surface area contributed by atoms with Crippen LogP contribution in [0.4, 0.5) is 10.9 Å². The van der Waals surface area contributed by atoms with Crippen LogP contribution in [0.25, 0.3) is 10.2 Å². The molecule has 0 amide bonds. The van der Waals surface area contributed by atoms with E-state index in [1.54, 1.807) is 17.7 Å². The zero-order chi connectivity index (χ0) is 16.8. The molecule has 0 radical (unpaired) electrons. The first-order chi connectivity index (χ1) is 12.3. The molecule has 1 aromatic carbocycles. The van der Waals surface area contributed by atoms with Crippen LogP contribution in [0, 0.1) is 6.92 Å². The van der Waals surface area contributed by atoms with Crippen molar-refractivity contribution in [2.24, 2.45) is 0 Å². The minimum atomic E-state index is 0.675. The highest BCUT2D eigenvalue weighted by Gasteiger charge is 2.27. The second kappa shape index (κ2) is 5.95. The van der Waals surface area contributed by atoms with Gasteiger partial charge in [0.15, 0.2) is 5.13 Å². The number of thiazole rings is 1. The quantitative estimate of drug-likeness (QED) is 0.721. The van der Waals surface area contributed by atoms with E-state index in [-0.39, 0.29) is 0 Å². The molecule has 5 rings (SSSR count). The molecule has 6 heteroatoms. The summed E-state index contributed by atoms with van der Waals surface area (Å²) in [6.45, 7) is 6.08. The number of benzene rings is 1. The van der Waals surface area contributed by atoms with E-state index in [9.17, 15) is 0 Å². The van der Waals surface area contributed by atoms with Gasteiger partial charge in [-0.1, -0.05) is 23.5 Å². The van der Waals surface area contributed by atoms with Gasteiger partial charge in [0.25, 0.3) is 0 Å². The lowest BCUT2D eigenvalue weighted by atomic mass is 10.2. The second-order valence-electron chi connectivity index (χ2n) is 6.97. The average molecular weight is 351 g/mol. The van der Waals surface area contributed by atoms with Crippen molar-refractivity contribution < 1.29 is 0 Å². The smallest absolute Gasteiger partial charge is 0.186 e. The van der Waals surface area contributed by atoms with Crippen LogP contribution in [0.15, 0.2) is 30.6 Å². The van der Waals surface area contributed by atoms with E-state index >= 15 is 0 Å². The maximum Gasteiger partial charge on any atom is 0.186 e. The van der Waals surface area contributed by atoms with Gasteiger partial charge in [-0.3, -0.25) is 0 Å². The molecule has 1 saturated carbocycles. The molecule has 0 atom stereocenters. The Labute approximate surface area is 151 Å². The molecule has 2 aliphatic rings. The van der Waals surface area contributed by atoms with Gasteiger partial charge in [0, 0.05) is 43.9 Å². The second-order valence-corrected chi connectivity index (χ2v) is 7.98. The number of hydrogen-bond acceptors (Lipinski definition) is 6. The van der Waals surface area contributed by atoms with Gasteiger partial charge in [-0.05, 0) is 31.4 Å². The van der Waals surface area contributed by atoms with Gasteiger partial charge in [0.05, 0.1) is 10.2 Å². The molecule has 0 spiro atoms. The number of anilines is 2.